The number of carbonyl (C=O) groups excluding carboxylic acids is 1. The third-order valence-electron chi connectivity index (χ3n) is 4.63. The molecule has 4 rings (SSSR count). The summed E-state index contributed by atoms with van der Waals surface area (Å²) in [6.07, 6.45) is 4.32. The largest absolute Gasteiger partial charge is 0.472 e. The number of rotatable bonds is 5. The average molecular weight is 360 g/mol. The number of pyridine rings is 2. The number of amides is 1. The fourth-order valence-corrected chi connectivity index (χ4v) is 3.33. The topological polar surface area (TPSA) is 81.3 Å². The molecule has 1 fully saturated rings. The van der Waals surface area contributed by atoms with E-state index in [2.05, 4.69) is 14.9 Å². The first-order chi connectivity index (χ1) is 13.2. The normalized spacial score (nSPS) is 16.3. The zero-order valence-corrected chi connectivity index (χ0v) is 14.8. The molecule has 1 saturated heterocycles. The van der Waals surface area contributed by atoms with E-state index in [1.807, 2.05) is 54.6 Å². The number of nitrogens with zero attached hydrogens (tertiary/aromatic N) is 3. The number of primary amides is 1. The van der Waals surface area contributed by atoms with Crippen molar-refractivity contribution in [1.29, 1.82) is 0 Å². The van der Waals surface area contributed by atoms with Gasteiger partial charge in [0.05, 0.1) is 17.8 Å². The lowest BCUT2D eigenvalue weighted by Crippen LogP contribution is -2.27. The summed E-state index contributed by atoms with van der Waals surface area (Å²) >= 11 is 0. The molecule has 0 saturated carbocycles. The number of hydrogen-bond acceptors (Lipinski definition) is 5. The molecule has 2 N–H and O–H groups in total. The van der Waals surface area contributed by atoms with Gasteiger partial charge in [0.25, 0.3) is 5.91 Å². The molecule has 3 heterocycles. The van der Waals surface area contributed by atoms with Gasteiger partial charge in [-0.3, -0.25) is 9.78 Å². The Morgan fingerprint density at radius 3 is 2.59 bits per heavy atom. The van der Waals surface area contributed by atoms with Gasteiger partial charge in [-0.05, 0) is 30.3 Å². The molecule has 1 aromatic carbocycles. The summed E-state index contributed by atoms with van der Waals surface area (Å²) in [7, 11) is 0. The minimum absolute atomic E-state index is 0.0242. The standard InChI is InChI=1S/C21H20N4O2/c22-21(26)17-13-15(18-5-1-3-10-23-18)7-8-19(17)25-12-9-16(14-25)27-20-6-2-4-11-24-20/h1-8,10-11,13,16H,9,12,14H2,(H2,22,26)/t16-/m0/s1. The summed E-state index contributed by atoms with van der Waals surface area (Å²) in [5, 5.41) is 0. The molecule has 6 heteroatoms. The molecule has 27 heavy (non-hydrogen) atoms. The summed E-state index contributed by atoms with van der Waals surface area (Å²) < 4.78 is 5.94. The fourth-order valence-electron chi connectivity index (χ4n) is 3.33. The maximum atomic E-state index is 12.1. The van der Waals surface area contributed by atoms with Crippen molar-refractivity contribution in [1.82, 2.24) is 9.97 Å². The summed E-state index contributed by atoms with van der Waals surface area (Å²) in [6, 6.07) is 17.0. The predicted molar refractivity (Wildman–Crippen MR) is 104 cm³/mol. The number of aromatic nitrogens is 2. The maximum Gasteiger partial charge on any atom is 0.250 e. The van der Waals surface area contributed by atoms with Gasteiger partial charge in [0.15, 0.2) is 0 Å². The summed E-state index contributed by atoms with van der Waals surface area (Å²) in [5.74, 6) is 0.168. The molecule has 1 atom stereocenters. The summed E-state index contributed by atoms with van der Waals surface area (Å²) in [4.78, 5) is 22.8. The minimum Gasteiger partial charge on any atom is -0.472 e. The van der Waals surface area contributed by atoms with Gasteiger partial charge in [-0.25, -0.2) is 4.98 Å². The lowest BCUT2D eigenvalue weighted by atomic mass is 10.0. The van der Waals surface area contributed by atoms with Crippen LogP contribution in [0, 0.1) is 0 Å². The van der Waals surface area contributed by atoms with Crippen molar-refractivity contribution in [2.75, 3.05) is 18.0 Å². The quantitative estimate of drug-likeness (QED) is 0.757. The molecule has 3 aromatic rings. The molecular formula is C21H20N4O2. The zero-order chi connectivity index (χ0) is 18.6. The van der Waals surface area contributed by atoms with Crippen LogP contribution in [0.4, 0.5) is 5.69 Å². The number of ether oxygens (including phenoxy) is 1. The Balaban J connectivity index is 1.56. The Bertz CT molecular complexity index is 931. The van der Waals surface area contributed by atoms with E-state index in [9.17, 15) is 4.79 Å². The molecule has 2 aromatic heterocycles. The average Bonchev–Trinajstić information content (AvgIpc) is 3.17. The lowest BCUT2D eigenvalue weighted by molar-refractivity contribution is 0.100. The first kappa shape index (κ1) is 17.0. The first-order valence-corrected chi connectivity index (χ1v) is 8.88. The van der Waals surface area contributed by atoms with Crippen LogP contribution in [0.25, 0.3) is 11.3 Å². The van der Waals surface area contributed by atoms with Crippen molar-refractivity contribution >= 4 is 11.6 Å². The van der Waals surface area contributed by atoms with Gasteiger partial charge >= 0.3 is 0 Å². The van der Waals surface area contributed by atoms with Crippen molar-refractivity contribution in [3.8, 4) is 17.1 Å². The van der Waals surface area contributed by atoms with E-state index in [0.717, 1.165) is 29.9 Å². The van der Waals surface area contributed by atoms with Crippen molar-refractivity contribution in [2.45, 2.75) is 12.5 Å². The molecule has 0 unspecified atom stereocenters. The Morgan fingerprint density at radius 2 is 1.89 bits per heavy atom. The summed E-state index contributed by atoms with van der Waals surface area (Å²) in [5.41, 5.74) is 8.66. The van der Waals surface area contributed by atoms with Crippen LogP contribution < -0.4 is 15.4 Å². The highest BCUT2D eigenvalue weighted by atomic mass is 16.5. The molecule has 1 aliphatic rings. The second-order valence-electron chi connectivity index (χ2n) is 6.45. The van der Waals surface area contributed by atoms with Gasteiger partial charge in [0.2, 0.25) is 5.88 Å². The van der Waals surface area contributed by atoms with Gasteiger partial charge < -0.3 is 15.4 Å². The van der Waals surface area contributed by atoms with Crippen LogP contribution in [0.15, 0.2) is 67.0 Å². The van der Waals surface area contributed by atoms with Crippen molar-refractivity contribution < 1.29 is 9.53 Å². The Kier molecular flexibility index (Phi) is 4.70. The fraction of sp³-hybridized carbons (Fsp3) is 0.190. The molecule has 0 aliphatic carbocycles. The minimum atomic E-state index is -0.447. The molecule has 0 radical (unpaired) electrons. The number of hydrogen-bond donors (Lipinski definition) is 1. The van der Waals surface area contributed by atoms with E-state index in [1.165, 1.54) is 0 Å². The predicted octanol–water partition coefficient (Wildman–Crippen LogP) is 2.90. The van der Waals surface area contributed by atoms with E-state index in [-0.39, 0.29) is 6.10 Å². The second kappa shape index (κ2) is 7.45. The number of nitrogens with two attached hydrogens (primary N) is 1. The molecule has 0 spiro atoms. The van der Waals surface area contributed by atoms with Gasteiger partial charge in [-0.2, -0.15) is 0 Å². The number of benzene rings is 1. The third kappa shape index (κ3) is 3.74. The second-order valence-corrected chi connectivity index (χ2v) is 6.45. The van der Waals surface area contributed by atoms with E-state index < -0.39 is 5.91 Å². The molecule has 0 bridgehead atoms. The smallest absolute Gasteiger partial charge is 0.250 e. The third-order valence-corrected chi connectivity index (χ3v) is 4.63. The lowest BCUT2D eigenvalue weighted by Gasteiger charge is -2.21. The molecule has 6 nitrogen and oxygen atoms in total. The first-order valence-electron chi connectivity index (χ1n) is 8.88. The highest BCUT2D eigenvalue weighted by Crippen LogP contribution is 2.29. The number of anilines is 1. The van der Waals surface area contributed by atoms with Gasteiger partial charge in [-0.15, -0.1) is 0 Å². The zero-order valence-electron chi connectivity index (χ0n) is 14.8. The number of carbonyl (C=O) groups is 1. The van der Waals surface area contributed by atoms with Gasteiger partial charge in [0.1, 0.15) is 6.10 Å². The molecule has 136 valence electrons. The van der Waals surface area contributed by atoms with Crippen LogP contribution in [-0.4, -0.2) is 35.1 Å². The van der Waals surface area contributed by atoms with E-state index in [1.54, 1.807) is 12.4 Å². The van der Waals surface area contributed by atoms with E-state index in [0.29, 0.717) is 18.0 Å². The molecule has 1 amide bonds. The van der Waals surface area contributed by atoms with Crippen LogP contribution in [0.1, 0.15) is 16.8 Å². The Morgan fingerprint density at radius 1 is 1.07 bits per heavy atom. The van der Waals surface area contributed by atoms with Crippen LogP contribution in [-0.2, 0) is 0 Å². The Hall–Kier alpha value is -3.41. The monoisotopic (exact) mass is 360 g/mol. The van der Waals surface area contributed by atoms with Crippen molar-refractivity contribution in [3.63, 3.8) is 0 Å². The van der Waals surface area contributed by atoms with Gasteiger partial charge in [-0.1, -0.05) is 18.2 Å². The maximum absolute atomic E-state index is 12.1. The van der Waals surface area contributed by atoms with Crippen LogP contribution in [0.3, 0.4) is 0 Å². The Labute approximate surface area is 157 Å². The van der Waals surface area contributed by atoms with E-state index >= 15 is 0 Å². The highest BCUT2D eigenvalue weighted by Gasteiger charge is 2.27. The SMILES string of the molecule is NC(=O)c1cc(-c2ccccn2)ccc1N1CC[C@H](Oc2ccccn2)C1. The van der Waals surface area contributed by atoms with Crippen LogP contribution >= 0.6 is 0 Å². The molecule has 1 aliphatic heterocycles. The highest BCUT2D eigenvalue weighted by molar-refractivity contribution is 6.00. The van der Waals surface area contributed by atoms with Crippen LogP contribution in [0.2, 0.25) is 0 Å². The van der Waals surface area contributed by atoms with Crippen molar-refractivity contribution in [2.24, 2.45) is 5.73 Å². The van der Waals surface area contributed by atoms with Crippen LogP contribution in [0.5, 0.6) is 5.88 Å². The van der Waals surface area contributed by atoms with Crippen molar-refractivity contribution in [3.05, 3.63) is 72.6 Å². The molecular weight excluding hydrogens is 340 g/mol. The summed E-state index contributed by atoms with van der Waals surface area (Å²) in [6.45, 7) is 1.47. The van der Waals surface area contributed by atoms with Gasteiger partial charge in [0, 0.05) is 42.7 Å². The van der Waals surface area contributed by atoms with E-state index in [4.69, 9.17) is 10.5 Å².